The minimum atomic E-state index is -1.59. The van der Waals surface area contributed by atoms with Crippen LogP contribution in [0.1, 0.15) is 5.56 Å². The highest BCUT2D eigenvalue weighted by molar-refractivity contribution is 7.25. The number of halogens is 1. The summed E-state index contributed by atoms with van der Waals surface area (Å²) in [7, 11) is -1.59. The zero-order chi connectivity index (χ0) is 18.9. The lowest BCUT2D eigenvalue weighted by molar-refractivity contribution is 0.476. The van der Waals surface area contributed by atoms with E-state index in [1.54, 1.807) is 12.3 Å². The molecule has 2 aromatic carbocycles. The molecule has 0 saturated carbocycles. The molecule has 0 spiro atoms. The maximum atomic E-state index is 13.8. The van der Waals surface area contributed by atoms with Crippen molar-refractivity contribution in [3.8, 4) is 11.5 Å². The minimum Gasteiger partial charge on any atom is -0.455 e. The van der Waals surface area contributed by atoms with Crippen LogP contribution in [0.5, 0.6) is 11.5 Å². The molecule has 5 heteroatoms. The molecule has 0 fully saturated rings. The van der Waals surface area contributed by atoms with E-state index in [0.29, 0.717) is 11.3 Å². The summed E-state index contributed by atoms with van der Waals surface area (Å²) in [5, 5.41) is 2.88. The smallest absolute Gasteiger partial charge is 0.149 e. The molecule has 0 aliphatic carbocycles. The second-order valence-corrected chi connectivity index (χ2v) is 13.2. The summed E-state index contributed by atoms with van der Waals surface area (Å²) >= 11 is 1.84. The molecule has 0 radical (unpaired) electrons. The summed E-state index contributed by atoms with van der Waals surface area (Å²) in [6, 6.07) is 20.3. The van der Waals surface area contributed by atoms with Crippen molar-refractivity contribution < 1.29 is 9.13 Å². The second kappa shape index (κ2) is 7.25. The molecule has 136 valence electrons. The van der Waals surface area contributed by atoms with Crippen LogP contribution in [0, 0.1) is 5.82 Å². The van der Waals surface area contributed by atoms with Crippen LogP contribution in [0.4, 0.5) is 4.39 Å². The van der Waals surface area contributed by atoms with E-state index in [0.717, 1.165) is 17.2 Å². The number of ether oxygens (including phenoxy) is 1. The van der Waals surface area contributed by atoms with Crippen LogP contribution in [0.25, 0.3) is 10.9 Å². The first-order valence-corrected chi connectivity index (χ1v) is 13.0. The summed E-state index contributed by atoms with van der Waals surface area (Å²) in [6.07, 6.45) is 1.59. The van der Waals surface area contributed by atoms with Gasteiger partial charge in [-0.25, -0.2) is 9.37 Å². The molecule has 0 N–H and O–H groups in total. The highest BCUT2D eigenvalue weighted by atomic mass is 32.1. The molecule has 0 unspecified atom stereocenters. The monoisotopic (exact) mass is 393 g/mol. The molecule has 27 heavy (non-hydrogen) atoms. The van der Waals surface area contributed by atoms with E-state index in [1.807, 2.05) is 35.6 Å². The van der Waals surface area contributed by atoms with Crippen LogP contribution in [0.15, 0.2) is 72.2 Å². The van der Waals surface area contributed by atoms with E-state index < -0.39 is 8.07 Å². The molecule has 0 amide bonds. The fraction of sp³-hybridized carbons (Fsp3) is 0.136. The van der Waals surface area contributed by atoms with Crippen LogP contribution in [0.3, 0.4) is 0 Å². The van der Waals surface area contributed by atoms with Gasteiger partial charge in [-0.2, -0.15) is 11.3 Å². The molecule has 4 aromatic rings. The maximum Gasteiger partial charge on any atom is 0.149 e. The van der Waals surface area contributed by atoms with E-state index in [2.05, 4.69) is 47.7 Å². The van der Waals surface area contributed by atoms with Crippen LogP contribution in [0.2, 0.25) is 13.1 Å². The lowest BCUT2D eigenvalue weighted by Crippen LogP contribution is -2.42. The number of fused-ring (bicyclic) bond motifs is 1. The van der Waals surface area contributed by atoms with Gasteiger partial charge in [0.05, 0.1) is 14.3 Å². The number of hydrogen-bond donors (Lipinski definition) is 0. The molecule has 0 aliphatic rings. The standard InChI is InChI=1S/C22H20FNOSSi/c1-27(2,21-11-6-12-26-21)15-17-7-3-4-10-20(17)25-18-13-16-8-5-9-19(23)22(16)24-14-18/h3-14H,15H2,1-2H3. The average Bonchev–Trinajstić information content (AvgIpc) is 3.19. The van der Waals surface area contributed by atoms with Crippen molar-refractivity contribution in [1.82, 2.24) is 4.98 Å². The van der Waals surface area contributed by atoms with Crippen molar-refractivity contribution in [3.05, 3.63) is 83.6 Å². The van der Waals surface area contributed by atoms with Crippen LogP contribution in [-0.2, 0) is 6.04 Å². The Kier molecular flexibility index (Phi) is 4.80. The molecule has 2 heterocycles. The topological polar surface area (TPSA) is 22.1 Å². The molecule has 4 rings (SSSR count). The fourth-order valence-electron chi connectivity index (χ4n) is 3.26. The predicted octanol–water partition coefficient (Wildman–Crippen LogP) is 5.93. The van der Waals surface area contributed by atoms with E-state index in [4.69, 9.17) is 4.74 Å². The van der Waals surface area contributed by atoms with Crippen molar-refractivity contribution in [3.63, 3.8) is 0 Å². The Morgan fingerprint density at radius 3 is 2.70 bits per heavy atom. The number of rotatable bonds is 5. The Morgan fingerprint density at radius 2 is 1.89 bits per heavy atom. The molecular weight excluding hydrogens is 373 g/mol. The molecule has 0 bridgehead atoms. The molecule has 0 atom stereocenters. The van der Waals surface area contributed by atoms with Gasteiger partial charge in [0.25, 0.3) is 0 Å². The van der Waals surface area contributed by atoms with Crippen LogP contribution in [-0.4, -0.2) is 13.1 Å². The Bertz CT molecular complexity index is 1080. The zero-order valence-corrected chi connectivity index (χ0v) is 17.1. The first kappa shape index (κ1) is 17.9. The number of para-hydroxylation sites is 2. The SMILES string of the molecule is C[Si](C)(Cc1ccccc1Oc1cnc2c(F)cccc2c1)c1cccs1. The van der Waals surface area contributed by atoms with Gasteiger partial charge in [0.15, 0.2) is 0 Å². The van der Waals surface area contributed by atoms with E-state index in [1.165, 1.54) is 16.1 Å². The van der Waals surface area contributed by atoms with Gasteiger partial charge in [0, 0.05) is 5.39 Å². The zero-order valence-electron chi connectivity index (χ0n) is 15.3. The number of benzene rings is 2. The van der Waals surface area contributed by atoms with Gasteiger partial charge < -0.3 is 4.74 Å². The van der Waals surface area contributed by atoms with Gasteiger partial charge in [-0.1, -0.05) is 55.6 Å². The summed E-state index contributed by atoms with van der Waals surface area (Å²) in [5.74, 6) is 1.14. The molecule has 2 nitrogen and oxygen atoms in total. The van der Waals surface area contributed by atoms with Crippen LogP contribution >= 0.6 is 11.3 Å². The van der Waals surface area contributed by atoms with Gasteiger partial charge in [-0.3, -0.25) is 0 Å². The first-order chi connectivity index (χ1) is 13.0. The van der Waals surface area contributed by atoms with Gasteiger partial charge in [0.1, 0.15) is 22.8 Å². The molecule has 2 aromatic heterocycles. The second-order valence-electron chi connectivity index (χ2n) is 7.23. The quantitative estimate of drug-likeness (QED) is 0.392. The highest BCUT2D eigenvalue weighted by Crippen LogP contribution is 2.29. The first-order valence-electron chi connectivity index (χ1n) is 8.87. The lowest BCUT2D eigenvalue weighted by Gasteiger charge is -2.22. The average molecular weight is 394 g/mol. The van der Waals surface area contributed by atoms with E-state index >= 15 is 0 Å². The Balaban J connectivity index is 1.64. The third kappa shape index (κ3) is 3.79. The Labute approximate surface area is 163 Å². The van der Waals surface area contributed by atoms with Gasteiger partial charge in [0.2, 0.25) is 0 Å². The Hall–Kier alpha value is -2.50. The van der Waals surface area contributed by atoms with Crippen molar-refractivity contribution in [2.24, 2.45) is 0 Å². The summed E-state index contributed by atoms with van der Waals surface area (Å²) < 4.78 is 21.5. The number of nitrogens with zero attached hydrogens (tertiary/aromatic N) is 1. The van der Waals surface area contributed by atoms with Crippen molar-refractivity contribution in [2.45, 2.75) is 19.1 Å². The third-order valence-electron chi connectivity index (χ3n) is 4.66. The number of thiophene rings is 1. The van der Waals surface area contributed by atoms with E-state index in [9.17, 15) is 4.39 Å². The fourth-order valence-corrected chi connectivity index (χ4v) is 7.39. The van der Waals surface area contributed by atoms with Crippen LogP contribution < -0.4 is 9.24 Å². The molecular formula is C22H20FNOSSi. The number of aromatic nitrogens is 1. The third-order valence-corrected chi connectivity index (χ3v) is 10.1. The summed E-state index contributed by atoms with van der Waals surface area (Å²) in [5.41, 5.74) is 1.56. The number of hydrogen-bond acceptors (Lipinski definition) is 3. The highest BCUT2D eigenvalue weighted by Gasteiger charge is 2.26. The Morgan fingerprint density at radius 1 is 1.04 bits per heavy atom. The summed E-state index contributed by atoms with van der Waals surface area (Å²) in [4.78, 5) is 4.23. The maximum absolute atomic E-state index is 13.8. The van der Waals surface area contributed by atoms with Gasteiger partial charge in [-0.05, 0) is 39.7 Å². The number of pyridine rings is 1. The predicted molar refractivity (Wildman–Crippen MR) is 113 cm³/mol. The molecule has 0 saturated heterocycles. The minimum absolute atomic E-state index is 0.317. The van der Waals surface area contributed by atoms with Gasteiger partial charge in [-0.15, -0.1) is 0 Å². The van der Waals surface area contributed by atoms with E-state index in [-0.39, 0.29) is 5.82 Å². The summed E-state index contributed by atoms with van der Waals surface area (Å²) in [6.45, 7) is 4.77. The molecule has 0 aliphatic heterocycles. The van der Waals surface area contributed by atoms with Gasteiger partial charge >= 0.3 is 0 Å². The lowest BCUT2D eigenvalue weighted by atomic mass is 10.2. The van der Waals surface area contributed by atoms with Crippen molar-refractivity contribution in [2.75, 3.05) is 0 Å². The van der Waals surface area contributed by atoms with Crippen molar-refractivity contribution >= 4 is 34.8 Å². The largest absolute Gasteiger partial charge is 0.455 e. The van der Waals surface area contributed by atoms with Crippen molar-refractivity contribution in [1.29, 1.82) is 0 Å². The normalized spacial score (nSPS) is 11.7.